The predicted molar refractivity (Wildman–Crippen MR) is 76.7 cm³/mol. The first-order chi connectivity index (χ1) is 7.72. The van der Waals surface area contributed by atoms with E-state index >= 15 is 0 Å². The summed E-state index contributed by atoms with van der Waals surface area (Å²) in [4.78, 5) is 4.89. The lowest BCUT2D eigenvalue weighted by atomic mass is 9.96. The molecule has 92 valence electrons. The van der Waals surface area contributed by atoms with E-state index in [1.54, 1.807) is 0 Å². The number of nitrogens with one attached hydrogen (secondary N) is 1. The summed E-state index contributed by atoms with van der Waals surface area (Å²) in [6, 6.07) is 0.579. The van der Waals surface area contributed by atoms with Gasteiger partial charge in [0, 0.05) is 11.3 Å². The standard InChI is InChI=1S/C12H22N2S2/c1-3-12(2)6-9-16-11(14-12)13-10-4-7-15-8-5-10/h10H,3-9H2,1-2H3,(H,13,14). The molecule has 2 rings (SSSR count). The zero-order chi connectivity index (χ0) is 11.4. The quantitative estimate of drug-likeness (QED) is 0.823. The summed E-state index contributed by atoms with van der Waals surface area (Å²) in [6.07, 6.45) is 4.97. The maximum atomic E-state index is 4.89. The van der Waals surface area contributed by atoms with E-state index in [2.05, 4.69) is 30.9 Å². The Morgan fingerprint density at radius 2 is 2.12 bits per heavy atom. The van der Waals surface area contributed by atoms with Crippen LogP contribution >= 0.6 is 23.5 Å². The zero-order valence-electron chi connectivity index (χ0n) is 10.3. The van der Waals surface area contributed by atoms with Crippen molar-refractivity contribution >= 4 is 28.7 Å². The normalized spacial score (nSPS) is 35.0. The summed E-state index contributed by atoms with van der Waals surface area (Å²) >= 11 is 3.98. The van der Waals surface area contributed by atoms with E-state index in [1.165, 1.54) is 48.1 Å². The number of hydrogen-bond acceptors (Lipinski definition) is 3. The Hall–Kier alpha value is 0.170. The average molecular weight is 258 g/mol. The van der Waals surface area contributed by atoms with Crippen LogP contribution in [0, 0.1) is 0 Å². The fourth-order valence-corrected chi connectivity index (χ4v) is 4.41. The zero-order valence-corrected chi connectivity index (χ0v) is 11.9. The Bertz CT molecular complexity index is 262. The predicted octanol–water partition coefficient (Wildman–Crippen LogP) is 3.13. The number of aliphatic imine (C=N–C) groups is 1. The first kappa shape index (κ1) is 12.6. The largest absolute Gasteiger partial charge is 0.360 e. The van der Waals surface area contributed by atoms with Crippen LogP contribution in [-0.4, -0.2) is 34.0 Å². The Balaban J connectivity index is 1.95. The van der Waals surface area contributed by atoms with Gasteiger partial charge in [0.15, 0.2) is 5.17 Å². The van der Waals surface area contributed by atoms with Crippen LogP contribution in [0.2, 0.25) is 0 Å². The van der Waals surface area contributed by atoms with Crippen molar-refractivity contribution in [1.29, 1.82) is 0 Å². The van der Waals surface area contributed by atoms with E-state index < -0.39 is 0 Å². The summed E-state index contributed by atoms with van der Waals surface area (Å²) in [6.45, 7) is 4.58. The molecule has 4 heteroatoms. The molecule has 0 aromatic heterocycles. The smallest absolute Gasteiger partial charge is 0.157 e. The third-order valence-electron chi connectivity index (χ3n) is 3.57. The molecule has 2 aliphatic rings. The van der Waals surface area contributed by atoms with Gasteiger partial charge in [-0.25, -0.2) is 0 Å². The van der Waals surface area contributed by atoms with Crippen molar-refractivity contribution in [3.05, 3.63) is 0 Å². The van der Waals surface area contributed by atoms with Crippen LogP contribution in [0.25, 0.3) is 0 Å². The molecule has 0 bridgehead atoms. The molecule has 0 spiro atoms. The molecular weight excluding hydrogens is 236 g/mol. The summed E-state index contributed by atoms with van der Waals surface area (Å²) in [7, 11) is 0. The molecule has 2 heterocycles. The highest BCUT2D eigenvalue weighted by Gasteiger charge is 2.28. The van der Waals surface area contributed by atoms with Gasteiger partial charge in [-0.15, -0.1) is 0 Å². The molecule has 1 unspecified atom stereocenters. The molecule has 0 radical (unpaired) electrons. The lowest BCUT2D eigenvalue weighted by Gasteiger charge is -2.35. The molecule has 2 nitrogen and oxygen atoms in total. The topological polar surface area (TPSA) is 24.4 Å². The molecule has 0 saturated carbocycles. The van der Waals surface area contributed by atoms with Crippen LogP contribution in [0.4, 0.5) is 0 Å². The number of hydrogen-bond donors (Lipinski definition) is 1. The fraction of sp³-hybridized carbons (Fsp3) is 0.917. The molecule has 1 atom stereocenters. The molecule has 2 aliphatic heterocycles. The molecule has 0 aromatic carbocycles. The van der Waals surface area contributed by atoms with E-state index in [0.29, 0.717) is 6.04 Å². The van der Waals surface area contributed by atoms with Crippen LogP contribution in [0.3, 0.4) is 0 Å². The minimum Gasteiger partial charge on any atom is -0.360 e. The Labute approximate surface area is 107 Å². The van der Waals surface area contributed by atoms with Crippen LogP contribution in [0.5, 0.6) is 0 Å². The van der Waals surface area contributed by atoms with Gasteiger partial charge in [0.2, 0.25) is 0 Å². The van der Waals surface area contributed by atoms with Crippen molar-refractivity contribution in [3.63, 3.8) is 0 Å². The number of amidine groups is 1. The molecule has 2 saturated heterocycles. The third kappa shape index (κ3) is 3.33. The molecule has 1 N–H and O–H groups in total. The number of thioether (sulfide) groups is 2. The summed E-state index contributed by atoms with van der Waals surface area (Å²) in [5.41, 5.74) is 0.285. The minimum atomic E-state index is 0.285. The molecule has 16 heavy (non-hydrogen) atoms. The van der Waals surface area contributed by atoms with Gasteiger partial charge in [-0.05, 0) is 44.1 Å². The molecule has 0 aliphatic carbocycles. The van der Waals surface area contributed by atoms with Crippen molar-refractivity contribution in [1.82, 2.24) is 5.32 Å². The Morgan fingerprint density at radius 3 is 2.81 bits per heavy atom. The van der Waals surface area contributed by atoms with Crippen molar-refractivity contribution in [2.75, 3.05) is 17.3 Å². The molecule has 2 fully saturated rings. The van der Waals surface area contributed by atoms with Gasteiger partial charge in [0.1, 0.15) is 0 Å². The van der Waals surface area contributed by atoms with E-state index in [4.69, 9.17) is 4.99 Å². The van der Waals surface area contributed by atoms with Gasteiger partial charge in [0.05, 0.1) is 6.04 Å². The average Bonchev–Trinajstić information content (AvgIpc) is 2.30. The van der Waals surface area contributed by atoms with E-state index in [-0.39, 0.29) is 5.54 Å². The van der Waals surface area contributed by atoms with Gasteiger partial charge in [-0.3, -0.25) is 4.99 Å². The maximum Gasteiger partial charge on any atom is 0.157 e. The Kier molecular flexibility index (Phi) is 4.48. The second kappa shape index (κ2) is 5.67. The highest BCUT2D eigenvalue weighted by molar-refractivity contribution is 8.13. The van der Waals surface area contributed by atoms with Gasteiger partial charge in [-0.2, -0.15) is 11.8 Å². The van der Waals surface area contributed by atoms with E-state index in [1.807, 2.05) is 11.8 Å². The molecular formula is C12H22N2S2. The van der Waals surface area contributed by atoms with Crippen LogP contribution in [0.15, 0.2) is 4.99 Å². The highest BCUT2D eigenvalue weighted by Crippen LogP contribution is 2.27. The van der Waals surface area contributed by atoms with Crippen molar-refractivity contribution in [2.24, 2.45) is 4.99 Å². The minimum absolute atomic E-state index is 0.285. The lowest BCUT2D eigenvalue weighted by Crippen LogP contribution is -2.48. The summed E-state index contributed by atoms with van der Waals surface area (Å²) in [5, 5.41) is 4.83. The monoisotopic (exact) mass is 258 g/mol. The Morgan fingerprint density at radius 1 is 1.38 bits per heavy atom. The van der Waals surface area contributed by atoms with Crippen LogP contribution in [0.1, 0.15) is 39.5 Å². The SMILES string of the molecule is CCC1(C)CCSC(=NC2CCSCC2)N1. The first-order valence-electron chi connectivity index (χ1n) is 6.28. The van der Waals surface area contributed by atoms with E-state index in [9.17, 15) is 0 Å². The molecule has 0 aromatic rings. The van der Waals surface area contributed by atoms with Crippen LogP contribution < -0.4 is 5.32 Å². The molecule has 0 amide bonds. The fourth-order valence-electron chi connectivity index (χ4n) is 2.04. The van der Waals surface area contributed by atoms with Gasteiger partial charge < -0.3 is 5.32 Å². The second-order valence-electron chi connectivity index (χ2n) is 4.92. The van der Waals surface area contributed by atoms with Crippen molar-refractivity contribution in [2.45, 2.75) is 51.1 Å². The van der Waals surface area contributed by atoms with Gasteiger partial charge in [0.25, 0.3) is 0 Å². The van der Waals surface area contributed by atoms with Gasteiger partial charge in [-0.1, -0.05) is 18.7 Å². The third-order valence-corrected chi connectivity index (χ3v) is 5.51. The summed E-state index contributed by atoms with van der Waals surface area (Å²) < 4.78 is 0. The van der Waals surface area contributed by atoms with Crippen molar-refractivity contribution in [3.8, 4) is 0 Å². The lowest BCUT2D eigenvalue weighted by molar-refractivity contribution is 0.389. The number of rotatable bonds is 2. The number of nitrogens with zero attached hydrogens (tertiary/aromatic N) is 1. The van der Waals surface area contributed by atoms with Crippen LogP contribution in [-0.2, 0) is 0 Å². The summed E-state index contributed by atoms with van der Waals surface area (Å²) in [5.74, 6) is 3.80. The van der Waals surface area contributed by atoms with Gasteiger partial charge >= 0.3 is 0 Å². The maximum absolute atomic E-state index is 4.89. The second-order valence-corrected chi connectivity index (χ2v) is 7.22. The first-order valence-corrected chi connectivity index (χ1v) is 8.42. The van der Waals surface area contributed by atoms with E-state index in [0.717, 1.165) is 0 Å². The van der Waals surface area contributed by atoms with Crippen molar-refractivity contribution < 1.29 is 0 Å². The highest BCUT2D eigenvalue weighted by atomic mass is 32.2.